The van der Waals surface area contributed by atoms with Crippen LogP contribution < -0.4 is 5.56 Å². The van der Waals surface area contributed by atoms with Crippen LogP contribution >= 0.6 is 23.2 Å². The van der Waals surface area contributed by atoms with Crippen molar-refractivity contribution >= 4 is 35.0 Å². The average Bonchev–Trinajstić information content (AvgIpc) is 2.75. The summed E-state index contributed by atoms with van der Waals surface area (Å²) in [6.07, 6.45) is 1.37. The number of carboxylic acids is 1. The van der Waals surface area contributed by atoms with Gasteiger partial charge in [-0.3, -0.25) is 9.59 Å². The summed E-state index contributed by atoms with van der Waals surface area (Å²) in [5, 5.41) is 9.09. The van der Waals surface area contributed by atoms with Gasteiger partial charge in [-0.15, -0.1) is 0 Å². The lowest BCUT2D eigenvalue weighted by molar-refractivity contribution is 0.0696. The number of carboxylic acid groups (broad SMARTS) is 1. The maximum atomic E-state index is 13.1. The van der Waals surface area contributed by atoms with Crippen molar-refractivity contribution in [2.45, 2.75) is 32.7 Å². The number of nitrogens with zero attached hydrogens (tertiary/aromatic N) is 1. The minimum absolute atomic E-state index is 0.0595. The van der Waals surface area contributed by atoms with Crippen molar-refractivity contribution in [1.82, 2.24) is 4.57 Å². The van der Waals surface area contributed by atoms with Gasteiger partial charge in [-0.1, -0.05) is 66.5 Å². The van der Waals surface area contributed by atoms with Gasteiger partial charge in [-0.25, -0.2) is 4.79 Å². The second-order valence-corrected chi connectivity index (χ2v) is 7.99. The van der Waals surface area contributed by atoms with E-state index < -0.39 is 11.5 Å². The van der Waals surface area contributed by atoms with Gasteiger partial charge < -0.3 is 9.67 Å². The quantitative estimate of drug-likeness (QED) is 0.478. The van der Waals surface area contributed by atoms with Crippen molar-refractivity contribution < 1.29 is 14.7 Å². The van der Waals surface area contributed by atoms with E-state index in [2.05, 4.69) is 0 Å². The first-order valence-corrected chi connectivity index (χ1v) is 10.6. The number of pyridine rings is 1. The van der Waals surface area contributed by atoms with Crippen LogP contribution in [-0.2, 0) is 25.8 Å². The predicted octanol–water partition coefficient (Wildman–Crippen LogP) is 5.08. The number of aromatic carboxylic acids is 1. The largest absolute Gasteiger partial charge is 0.478 e. The van der Waals surface area contributed by atoms with Gasteiger partial charge >= 0.3 is 5.97 Å². The van der Waals surface area contributed by atoms with E-state index in [-0.39, 0.29) is 40.1 Å². The number of Topliss-reactive ketones (excluding diaryl/α,β-unsaturated/α-hetero) is 1. The average molecular weight is 458 g/mol. The molecule has 0 spiro atoms. The number of aromatic nitrogens is 1. The topological polar surface area (TPSA) is 76.4 Å². The van der Waals surface area contributed by atoms with Gasteiger partial charge in [-0.05, 0) is 47.7 Å². The Morgan fingerprint density at radius 1 is 0.935 bits per heavy atom. The summed E-state index contributed by atoms with van der Waals surface area (Å²) >= 11 is 12.4. The van der Waals surface area contributed by atoms with Crippen LogP contribution in [0.4, 0.5) is 0 Å². The molecule has 0 fully saturated rings. The van der Waals surface area contributed by atoms with Crippen molar-refractivity contribution in [3.05, 3.63) is 103 Å². The third kappa shape index (κ3) is 5.43. The van der Waals surface area contributed by atoms with E-state index in [0.717, 1.165) is 23.1 Å². The number of hydrogen-bond donors (Lipinski definition) is 1. The predicted molar refractivity (Wildman–Crippen MR) is 122 cm³/mol. The van der Waals surface area contributed by atoms with E-state index in [1.807, 2.05) is 31.2 Å². The highest BCUT2D eigenvalue weighted by Gasteiger charge is 2.20. The molecule has 31 heavy (non-hydrogen) atoms. The van der Waals surface area contributed by atoms with Crippen molar-refractivity contribution in [3.8, 4) is 0 Å². The zero-order valence-corrected chi connectivity index (χ0v) is 18.4. The summed E-state index contributed by atoms with van der Waals surface area (Å²) in [6.45, 7) is 2.22. The van der Waals surface area contributed by atoms with Crippen LogP contribution in [0.3, 0.4) is 0 Å². The molecule has 160 valence electrons. The van der Waals surface area contributed by atoms with Gasteiger partial charge in [0.05, 0.1) is 10.6 Å². The lowest BCUT2D eigenvalue weighted by Gasteiger charge is -2.15. The smallest absolute Gasteiger partial charge is 0.335 e. The molecule has 0 amide bonds. The summed E-state index contributed by atoms with van der Waals surface area (Å²) in [7, 11) is 0. The summed E-state index contributed by atoms with van der Waals surface area (Å²) in [4.78, 5) is 36.8. The fraction of sp³-hybridized carbons (Fsp3) is 0.208. The molecule has 0 aliphatic carbocycles. The molecule has 3 aromatic rings. The standard InChI is InChI=1S/C24H21Cl2NO4/c1-2-15-4-3-5-17(12-15)13-21(28)22-19(25)14-20(26)23(29)27(22)11-10-16-6-8-18(9-7-16)24(30)31/h3-9,12,14H,2,10-11,13H2,1H3,(H,30,31). The van der Waals surface area contributed by atoms with Crippen molar-refractivity contribution in [1.29, 1.82) is 0 Å². The fourth-order valence-electron chi connectivity index (χ4n) is 3.38. The number of benzene rings is 2. The summed E-state index contributed by atoms with van der Waals surface area (Å²) in [6, 6.07) is 15.4. The Balaban J connectivity index is 1.89. The zero-order chi connectivity index (χ0) is 22.5. The number of halogens is 2. The Bertz CT molecular complexity index is 1180. The molecular formula is C24H21Cl2NO4. The van der Waals surface area contributed by atoms with Crippen LogP contribution in [0.5, 0.6) is 0 Å². The molecule has 0 saturated carbocycles. The Labute approximate surface area is 189 Å². The third-order valence-electron chi connectivity index (χ3n) is 5.05. The minimum Gasteiger partial charge on any atom is -0.478 e. The van der Waals surface area contributed by atoms with E-state index in [1.54, 1.807) is 12.1 Å². The van der Waals surface area contributed by atoms with Gasteiger partial charge in [0.2, 0.25) is 0 Å². The lowest BCUT2D eigenvalue weighted by atomic mass is 10.0. The Hall–Kier alpha value is -2.89. The van der Waals surface area contributed by atoms with Crippen molar-refractivity contribution in [2.75, 3.05) is 0 Å². The maximum absolute atomic E-state index is 13.1. The fourth-order valence-corrected chi connectivity index (χ4v) is 3.96. The molecule has 5 nitrogen and oxygen atoms in total. The molecule has 1 heterocycles. The molecule has 1 aromatic heterocycles. The summed E-state index contributed by atoms with van der Waals surface area (Å²) in [5.74, 6) is -1.28. The monoisotopic (exact) mass is 457 g/mol. The van der Waals surface area contributed by atoms with Crippen LogP contribution in [0.1, 0.15) is 44.5 Å². The van der Waals surface area contributed by atoms with Gasteiger partial charge in [0.1, 0.15) is 10.7 Å². The highest BCUT2D eigenvalue weighted by molar-refractivity contribution is 6.36. The van der Waals surface area contributed by atoms with Gasteiger partial charge in [0.15, 0.2) is 5.78 Å². The molecule has 1 N–H and O–H groups in total. The molecule has 0 unspecified atom stereocenters. The molecule has 0 atom stereocenters. The van der Waals surface area contributed by atoms with Crippen LogP contribution in [0.25, 0.3) is 0 Å². The Kier molecular flexibility index (Phi) is 7.31. The second-order valence-electron chi connectivity index (χ2n) is 7.17. The highest BCUT2D eigenvalue weighted by Crippen LogP contribution is 2.21. The van der Waals surface area contributed by atoms with E-state index in [0.29, 0.717) is 6.42 Å². The molecule has 0 aliphatic heterocycles. The second kappa shape index (κ2) is 9.94. The first kappa shape index (κ1) is 22.8. The van der Waals surface area contributed by atoms with Crippen LogP contribution in [0.2, 0.25) is 10.0 Å². The Morgan fingerprint density at radius 3 is 2.26 bits per heavy atom. The molecular weight excluding hydrogens is 437 g/mol. The van der Waals surface area contributed by atoms with Crippen LogP contribution in [0, 0.1) is 0 Å². The number of ketones is 1. The first-order valence-electron chi connectivity index (χ1n) is 9.82. The van der Waals surface area contributed by atoms with Gasteiger partial charge in [0.25, 0.3) is 5.56 Å². The van der Waals surface area contributed by atoms with E-state index >= 15 is 0 Å². The van der Waals surface area contributed by atoms with E-state index in [4.69, 9.17) is 28.3 Å². The minimum atomic E-state index is -1.01. The van der Waals surface area contributed by atoms with Gasteiger partial charge in [-0.2, -0.15) is 0 Å². The normalized spacial score (nSPS) is 10.8. The molecule has 3 rings (SSSR count). The maximum Gasteiger partial charge on any atom is 0.335 e. The van der Waals surface area contributed by atoms with E-state index in [1.165, 1.54) is 22.8 Å². The molecule has 0 aliphatic rings. The lowest BCUT2D eigenvalue weighted by Crippen LogP contribution is -2.28. The van der Waals surface area contributed by atoms with Crippen molar-refractivity contribution in [3.63, 3.8) is 0 Å². The zero-order valence-electron chi connectivity index (χ0n) is 16.9. The van der Waals surface area contributed by atoms with Crippen LogP contribution in [0.15, 0.2) is 59.4 Å². The van der Waals surface area contributed by atoms with Crippen molar-refractivity contribution in [2.24, 2.45) is 0 Å². The molecule has 7 heteroatoms. The van der Waals surface area contributed by atoms with E-state index in [9.17, 15) is 14.4 Å². The highest BCUT2D eigenvalue weighted by atomic mass is 35.5. The van der Waals surface area contributed by atoms with Crippen LogP contribution in [-0.4, -0.2) is 21.4 Å². The Morgan fingerprint density at radius 2 is 1.61 bits per heavy atom. The van der Waals surface area contributed by atoms with Gasteiger partial charge in [0, 0.05) is 13.0 Å². The summed E-state index contributed by atoms with van der Waals surface area (Å²) < 4.78 is 1.31. The number of carbonyl (C=O) groups excluding carboxylic acids is 1. The molecule has 0 saturated heterocycles. The molecule has 2 aromatic carbocycles. The SMILES string of the molecule is CCc1cccc(CC(=O)c2c(Cl)cc(Cl)c(=O)n2CCc2ccc(C(=O)O)cc2)c1. The number of hydrogen-bond acceptors (Lipinski definition) is 3. The third-order valence-corrected chi connectivity index (χ3v) is 5.61. The number of rotatable bonds is 8. The first-order chi connectivity index (χ1) is 14.8. The molecule has 0 radical (unpaired) electrons. The number of carbonyl (C=O) groups is 2. The number of aryl methyl sites for hydroxylation is 2. The molecule has 0 bridgehead atoms. The summed E-state index contributed by atoms with van der Waals surface area (Å²) in [5.41, 5.74) is 2.60.